The van der Waals surface area contributed by atoms with E-state index in [1.54, 1.807) is 30.3 Å². The molecule has 3 aromatic carbocycles. The van der Waals surface area contributed by atoms with Crippen LogP contribution in [0.2, 0.25) is 5.02 Å². The van der Waals surface area contributed by atoms with E-state index in [-0.39, 0.29) is 54.4 Å². The number of piperidine rings is 1. The minimum Gasteiger partial charge on any atom is -0.367 e. The lowest BCUT2D eigenvalue weighted by Crippen LogP contribution is -2.54. The van der Waals surface area contributed by atoms with Crippen LogP contribution in [0.3, 0.4) is 0 Å². The van der Waals surface area contributed by atoms with Crippen molar-refractivity contribution in [1.82, 2.24) is 25.3 Å². The van der Waals surface area contributed by atoms with Gasteiger partial charge in [0.05, 0.1) is 28.3 Å². The van der Waals surface area contributed by atoms with Gasteiger partial charge >= 0.3 is 0 Å². The predicted molar refractivity (Wildman–Crippen MR) is 192 cm³/mol. The Balaban J connectivity index is 0.856. The lowest BCUT2D eigenvalue weighted by Gasteiger charge is -2.30. The molecule has 5 aliphatic heterocycles. The molecule has 0 radical (unpaired) electrons. The van der Waals surface area contributed by atoms with Gasteiger partial charge in [0, 0.05) is 62.5 Å². The van der Waals surface area contributed by atoms with Crippen molar-refractivity contribution in [2.75, 3.05) is 24.5 Å². The number of imide groups is 2. The van der Waals surface area contributed by atoms with Gasteiger partial charge in [0.15, 0.2) is 0 Å². The largest absolute Gasteiger partial charge is 0.367 e. The molecule has 1 unspecified atom stereocenters. The topological polar surface area (TPSA) is 163 Å². The highest BCUT2D eigenvalue weighted by Crippen LogP contribution is 2.34. The minimum absolute atomic E-state index is 0.0301. The van der Waals surface area contributed by atoms with E-state index in [1.165, 1.54) is 0 Å². The molecule has 0 bridgehead atoms. The van der Waals surface area contributed by atoms with Gasteiger partial charge in [-0.25, -0.2) is 0 Å². The van der Waals surface area contributed by atoms with Crippen LogP contribution in [0, 0.1) is 11.3 Å². The second kappa shape index (κ2) is 13.4. The fourth-order valence-electron chi connectivity index (χ4n) is 8.29. The summed E-state index contributed by atoms with van der Waals surface area (Å²) in [5.41, 5.74) is 6.15. The fraction of sp³-hybridized carbons (Fsp3) is 0.359. The zero-order valence-electron chi connectivity index (χ0n) is 29.0. The van der Waals surface area contributed by atoms with E-state index < -0.39 is 29.7 Å². The van der Waals surface area contributed by atoms with Crippen molar-refractivity contribution in [2.24, 2.45) is 0 Å². The van der Waals surface area contributed by atoms with E-state index >= 15 is 0 Å². The van der Waals surface area contributed by atoms with Crippen LogP contribution in [0.1, 0.15) is 85.1 Å². The number of hydrogen-bond donors (Lipinski definition) is 2. The van der Waals surface area contributed by atoms with E-state index in [1.807, 2.05) is 28.0 Å². The van der Waals surface area contributed by atoms with E-state index in [0.717, 1.165) is 39.3 Å². The molecule has 0 spiro atoms. The minimum atomic E-state index is -1.02. The van der Waals surface area contributed by atoms with E-state index in [4.69, 9.17) is 11.6 Å². The molecule has 2 N–H and O–H groups in total. The van der Waals surface area contributed by atoms with Crippen LogP contribution in [-0.2, 0) is 40.4 Å². The first-order valence-corrected chi connectivity index (χ1v) is 18.1. The quantitative estimate of drug-likeness (QED) is 0.363. The summed E-state index contributed by atoms with van der Waals surface area (Å²) >= 11 is 6.27. The van der Waals surface area contributed by atoms with Gasteiger partial charge in [-0.1, -0.05) is 17.7 Å². The molecule has 270 valence electrons. The third-order valence-electron chi connectivity index (χ3n) is 11.1. The maximum atomic E-state index is 13.5. The monoisotopic (exact) mass is 733 g/mol. The zero-order chi connectivity index (χ0) is 37.1. The van der Waals surface area contributed by atoms with Gasteiger partial charge in [-0.05, 0) is 90.9 Å². The van der Waals surface area contributed by atoms with Crippen LogP contribution in [0.15, 0.2) is 48.5 Å². The summed E-state index contributed by atoms with van der Waals surface area (Å²) in [7, 11) is 0. The molecule has 13 nitrogen and oxygen atoms in total. The third-order valence-corrected chi connectivity index (χ3v) is 11.4. The summed E-state index contributed by atoms with van der Waals surface area (Å²) in [4.78, 5) is 84.3. The van der Waals surface area contributed by atoms with Gasteiger partial charge in [-0.2, -0.15) is 5.26 Å². The summed E-state index contributed by atoms with van der Waals surface area (Å²) in [6, 6.07) is 15.6. The van der Waals surface area contributed by atoms with Crippen LogP contribution in [0.25, 0.3) is 0 Å². The second-order valence-electron chi connectivity index (χ2n) is 14.5. The first kappa shape index (κ1) is 34.5. The van der Waals surface area contributed by atoms with Crippen molar-refractivity contribution in [3.63, 3.8) is 0 Å². The summed E-state index contributed by atoms with van der Waals surface area (Å²) < 4.78 is 0. The van der Waals surface area contributed by atoms with Crippen molar-refractivity contribution >= 4 is 52.7 Å². The molecule has 6 amide bonds. The Labute approximate surface area is 310 Å². The first-order chi connectivity index (χ1) is 25.5. The number of nitriles is 1. The molecule has 3 aromatic rings. The number of nitrogens with one attached hydrogen (secondary N) is 2. The number of hydrogen-bond acceptors (Lipinski definition) is 9. The third kappa shape index (κ3) is 6.32. The van der Waals surface area contributed by atoms with Crippen LogP contribution >= 0.6 is 11.6 Å². The number of anilines is 1. The highest BCUT2D eigenvalue weighted by molar-refractivity contribution is 6.32. The lowest BCUT2D eigenvalue weighted by molar-refractivity contribution is -0.136. The summed E-state index contributed by atoms with van der Waals surface area (Å²) in [6.45, 7) is 4.74. The molecular weight excluding hydrogens is 698 g/mol. The van der Waals surface area contributed by atoms with Gasteiger partial charge in [0.25, 0.3) is 17.7 Å². The molecule has 5 heterocycles. The maximum absolute atomic E-state index is 13.5. The highest BCUT2D eigenvalue weighted by Gasteiger charge is 2.45. The Kier molecular flexibility index (Phi) is 8.75. The van der Waals surface area contributed by atoms with E-state index in [9.17, 15) is 34.0 Å². The Hall–Kier alpha value is -5.58. The van der Waals surface area contributed by atoms with Crippen molar-refractivity contribution in [1.29, 1.82) is 5.26 Å². The molecule has 14 heteroatoms. The molecule has 3 atom stereocenters. The van der Waals surface area contributed by atoms with Gasteiger partial charge in [-0.3, -0.25) is 43.9 Å². The average Bonchev–Trinajstić information content (AvgIpc) is 3.78. The Bertz CT molecular complexity index is 2140. The molecule has 0 aliphatic carbocycles. The Morgan fingerprint density at radius 2 is 1.66 bits per heavy atom. The van der Waals surface area contributed by atoms with Gasteiger partial charge in [0.2, 0.25) is 17.7 Å². The van der Waals surface area contributed by atoms with Crippen LogP contribution in [0.5, 0.6) is 0 Å². The highest BCUT2D eigenvalue weighted by atomic mass is 35.5. The number of amides is 6. The van der Waals surface area contributed by atoms with Crippen molar-refractivity contribution < 1.29 is 28.8 Å². The van der Waals surface area contributed by atoms with Crippen molar-refractivity contribution in [2.45, 2.75) is 70.4 Å². The number of halogens is 1. The van der Waals surface area contributed by atoms with Crippen LogP contribution < -0.4 is 15.5 Å². The number of rotatable bonds is 6. The van der Waals surface area contributed by atoms with Crippen LogP contribution in [0.4, 0.5) is 5.69 Å². The molecule has 0 saturated carbocycles. The molecule has 2 saturated heterocycles. The smallest absolute Gasteiger partial charge is 0.262 e. The molecular formula is C39H36ClN7O6. The van der Waals surface area contributed by atoms with Gasteiger partial charge in [0.1, 0.15) is 12.1 Å². The Morgan fingerprint density at radius 1 is 0.925 bits per heavy atom. The maximum Gasteiger partial charge on any atom is 0.262 e. The van der Waals surface area contributed by atoms with E-state index in [2.05, 4.69) is 28.5 Å². The lowest BCUT2D eigenvalue weighted by atomic mass is 9.96. The van der Waals surface area contributed by atoms with Crippen molar-refractivity contribution in [3.8, 4) is 6.07 Å². The fourth-order valence-corrected chi connectivity index (χ4v) is 8.50. The van der Waals surface area contributed by atoms with Gasteiger partial charge in [-0.15, -0.1) is 0 Å². The number of carbonyl (C=O) groups excluding carboxylic acids is 6. The Morgan fingerprint density at radius 3 is 2.34 bits per heavy atom. The summed E-state index contributed by atoms with van der Waals surface area (Å²) in [5.74, 6) is -2.33. The van der Waals surface area contributed by atoms with Crippen molar-refractivity contribution in [3.05, 3.63) is 98.1 Å². The first-order valence-electron chi connectivity index (χ1n) is 17.7. The second-order valence-corrected chi connectivity index (χ2v) is 14.9. The molecule has 8 rings (SSSR count). The summed E-state index contributed by atoms with van der Waals surface area (Å²) in [5, 5.41) is 15.0. The predicted octanol–water partition coefficient (Wildman–Crippen LogP) is 2.91. The number of nitrogens with zero attached hydrogens (tertiary/aromatic N) is 5. The standard InChI is InChI=1S/C39H36ClN7O6/c1-21-10-28(19-46(21)29-5-4-24(15-41)32(40)14-29)42-36(50)23-2-3-25-18-45(9-8-22(25)11-23)35(49)20-44-16-26-12-30-31(13-27(26)17-44)39(53)47(38(30)52)33-6-7-34(48)43-37(33)51/h2-5,11-14,21,28,33H,6-10,16-20H2,1H3,(H,42,50)(H,43,48,51)/t21-,28+,33?/m0/s1. The number of carbonyl (C=O) groups is 6. The number of benzene rings is 3. The molecule has 5 aliphatic rings. The zero-order valence-corrected chi connectivity index (χ0v) is 29.7. The normalized spacial score (nSPS) is 22.4. The molecule has 0 aromatic heterocycles. The van der Waals surface area contributed by atoms with Gasteiger partial charge < -0.3 is 15.1 Å². The average molecular weight is 734 g/mol. The SMILES string of the molecule is C[C@H]1C[C@@H](NC(=O)c2ccc3c(c2)CCN(C(=O)CN2Cc4cc5c(cc4C2)C(=O)N(C2CCC(=O)NC2=O)C5=O)C3)CN1c1ccc(C#N)c(Cl)c1. The molecule has 53 heavy (non-hydrogen) atoms. The molecule has 2 fully saturated rings. The van der Waals surface area contributed by atoms with Crippen LogP contribution in [-0.4, -0.2) is 87.9 Å². The summed E-state index contributed by atoms with van der Waals surface area (Å²) in [6.07, 6.45) is 1.55. The van der Waals surface area contributed by atoms with E-state index in [0.29, 0.717) is 55.3 Å². The number of fused-ring (bicyclic) bond motifs is 3.